The molecule has 0 unspecified atom stereocenters. The van der Waals surface area contributed by atoms with Gasteiger partial charge in [0.2, 0.25) is 0 Å². The lowest BCUT2D eigenvalue weighted by Gasteiger charge is -2.08. The number of hydrogen-bond donors (Lipinski definition) is 1. The summed E-state index contributed by atoms with van der Waals surface area (Å²) < 4.78 is 1.22. The quantitative estimate of drug-likeness (QED) is 0.826. The summed E-state index contributed by atoms with van der Waals surface area (Å²) in [6, 6.07) is 6.71. The highest BCUT2D eigenvalue weighted by Crippen LogP contribution is 2.20. The number of nitrogens with zero attached hydrogens (tertiary/aromatic N) is 2. The van der Waals surface area contributed by atoms with Gasteiger partial charge in [0.25, 0.3) is 0 Å². The number of halogens is 1. The fourth-order valence-electron chi connectivity index (χ4n) is 1.29. The summed E-state index contributed by atoms with van der Waals surface area (Å²) in [7, 11) is 0. The van der Waals surface area contributed by atoms with Crippen LogP contribution in [0.25, 0.3) is 0 Å². The van der Waals surface area contributed by atoms with Crippen LogP contribution in [0.3, 0.4) is 0 Å². The Labute approximate surface area is 97.8 Å². The third-order valence-electron chi connectivity index (χ3n) is 2.15. The van der Waals surface area contributed by atoms with Crippen LogP contribution in [-0.2, 0) is 0 Å². The highest BCUT2D eigenvalue weighted by molar-refractivity contribution is 6.31. The van der Waals surface area contributed by atoms with Crippen molar-refractivity contribution in [3.8, 4) is 0 Å². The summed E-state index contributed by atoms with van der Waals surface area (Å²) in [5.41, 5.74) is 1.64. The Bertz CT molecular complexity index is 508. The lowest BCUT2D eigenvalue weighted by molar-refractivity contribution is 0.251. The lowest BCUT2D eigenvalue weighted by Crippen LogP contribution is -2.20. The molecular weight excluding hydrogens is 226 g/mol. The molecule has 5 heteroatoms. The first-order valence-electron chi connectivity index (χ1n) is 4.74. The molecule has 82 valence electrons. The van der Waals surface area contributed by atoms with E-state index in [1.807, 2.05) is 13.0 Å². The summed E-state index contributed by atoms with van der Waals surface area (Å²) in [6.45, 7) is 1.90. The Kier molecular flexibility index (Phi) is 2.92. The number of hydrogen-bond acceptors (Lipinski definition) is 2. The standard InChI is InChI=1S/C11H10ClN3O/c1-8-3-4-9(12)7-10(8)14-11(16)15-6-2-5-13-15/h2-7H,1H3,(H,14,16). The van der Waals surface area contributed by atoms with Gasteiger partial charge in [0.05, 0.1) is 0 Å². The van der Waals surface area contributed by atoms with Crippen LogP contribution in [0.5, 0.6) is 0 Å². The zero-order valence-electron chi connectivity index (χ0n) is 8.64. The molecule has 4 nitrogen and oxygen atoms in total. The molecule has 0 saturated heterocycles. The average Bonchev–Trinajstić information content (AvgIpc) is 2.76. The van der Waals surface area contributed by atoms with Crippen molar-refractivity contribution in [2.45, 2.75) is 6.92 Å². The van der Waals surface area contributed by atoms with Crippen LogP contribution >= 0.6 is 11.6 Å². The van der Waals surface area contributed by atoms with E-state index in [9.17, 15) is 4.79 Å². The van der Waals surface area contributed by atoms with Gasteiger partial charge in [0.1, 0.15) is 0 Å². The molecular formula is C11H10ClN3O. The number of carbonyl (C=O) groups is 1. The fraction of sp³-hybridized carbons (Fsp3) is 0.0909. The number of amides is 1. The third kappa shape index (κ3) is 2.23. The van der Waals surface area contributed by atoms with Gasteiger partial charge in [-0.15, -0.1) is 0 Å². The van der Waals surface area contributed by atoms with E-state index in [1.54, 1.807) is 30.6 Å². The van der Waals surface area contributed by atoms with Gasteiger partial charge in [-0.1, -0.05) is 17.7 Å². The molecule has 0 aliphatic rings. The Balaban J connectivity index is 2.21. The van der Waals surface area contributed by atoms with E-state index in [-0.39, 0.29) is 6.03 Å². The van der Waals surface area contributed by atoms with Crippen LogP contribution < -0.4 is 5.32 Å². The zero-order valence-corrected chi connectivity index (χ0v) is 9.40. The number of aryl methyl sites for hydroxylation is 1. The van der Waals surface area contributed by atoms with Crippen molar-refractivity contribution in [3.63, 3.8) is 0 Å². The van der Waals surface area contributed by atoms with Gasteiger partial charge in [-0.25, -0.2) is 4.79 Å². The molecule has 0 aliphatic carbocycles. The average molecular weight is 236 g/mol. The number of nitrogens with one attached hydrogen (secondary N) is 1. The van der Waals surface area contributed by atoms with Crippen molar-refractivity contribution >= 4 is 23.3 Å². The normalized spacial score (nSPS) is 10.1. The Morgan fingerprint density at radius 1 is 1.50 bits per heavy atom. The zero-order chi connectivity index (χ0) is 11.5. The number of carbonyl (C=O) groups excluding carboxylic acids is 1. The van der Waals surface area contributed by atoms with Crippen molar-refractivity contribution in [1.82, 2.24) is 9.78 Å². The van der Waals surface area contributed by atoms with Gasteiger partial charge in [-0.3, -0.25) is 0 Å². The number of aromatic nitrogens is 2. The van der Waals surface area contributed by atoms with E-state index in [2.05, 4.69) is 10.4 Å². The number of rotatable bonds is 1. The third-order valence-corrected chi connectivity index (χ3v) is 2.39. The minimum Gasteiger partial charge on any atom is -0.306 e. The first-order valence-corrected chi connectivity index (χ1v) is 5.12. The van der Waals surface area contributed by atoms with Crippen LogP contribution in [0.4, 0.5) is 10.5 Å². The van der Waals surface area contributed by atoms with Crippen molar-refractivity contribution < 1.29 is 4.79 Å². The molecule has 0 radical (unpaired) electrons. The maximum Gasteiger partial charge on any atom is 0.346 e. The second kappa shape index (κ2) is 4.37. The van der Waals surface area contributed by atoms with Crippen LogP contribution in [0.15, 0.2) is 36.7 Å². The van der Waals surface area contributed by atoms with Crippen LogP contribution in [0.1, 0.15) is 5.56 Å². The molecule has 0 aliphatic heterocycles. The first kappa shape index (κ1) is 10.7. The lowest BCUT2D eigenvalue weighted by atomic mass is 10.2. The summed E-state index contributed by atoms with van der Waals surface area (Å²) in [6.07, 6.45) is 3.12. The molecule has 1 aromatic carbocycles. The van der Waals surface area contributed by atoms with E-state index in [1.165, 1.54) is 4.68 Å². The van der Waals surface area contributed by atoms with Gasteiger partial charge in [0, 0.05) is 23.1 Å². The van der Waals surface area contributed by atoms with E-state index < -0.39 is 0 Å². The summed E-state index contributed by atoms with van der Waals surface area (Å²) >= 11 is 5.85. The second-order valence-electron chi connectivity index (χ2n) is 3.34. The Morgan fingerprint density at radius 3 is 3.00 bits per heavy atom. The second-order valence-corrected chi connectivity index (χ2v) is 3.78. The maximum absolute atomic E-state index is 11.7. The topological polar surface area (TPSA) is 46.9 Å². The van der Waals surface area contributed by atoms with E-state index in [4.69, 9.17) is 11.6 Å². The molecule has 16 heavy (non-hydrogen) atoms. The molecule has 2 rings (SSSR count). The Hall–Kier alpha value is -1.81. The summed E-state index contributed by atoms with van der Waals surface area (Å²) in [4.78, 5) is 11.7. The molecule has 0 bridgehead atoms. The van der Waals surface area contributed by atoms with E-state index in [0.29, 0.717) is 10.7 Å². The summed E-state index contributed by atoms with van der Waals surface area (Å²) in [5.74, 6) is 0. The predicted molar refractivity (Wildman–Crippen MR) is 62.8 cm³/mol. The molecule has 1 aromatic heterocycles. The maximum atomic E-state index is 11.7. The van der Waals surface area contributed by atoms with Crippen LogP contribution in [0.2, 0.25) is 5.02 Å². The molecule has 1 heterocycles. The van der Waals surface area contributed by atoms with E-state index in [0.717, 1.165) is 5.56 Å². The van der Waals surface area contributed by atoms with Gasteiger partial charge in [-0.2, -0.15) is 9.78 Å². The van der Waals surface area contributed by atoms with E-state index >= 15 is 0 Å². The number of benzene rings is 1. The Morgan fingerprint density at radius 2 is 2.31 bits per heavy atom. The van der Waals surface area contributed by atoms with Gasteiger partial charge in [0.15, 0.2) is 0 Å². The molecule has 0 fully saturated rings. The SMILES string of the molecule is Cc1ccc(Cl)cc1NC(=O)n1cccn1. The summed E-state index contributed by atoms with van der Waals surface area (Å²) in [5, 5.41) is 7.15. The molecule has 2 aromatic rings. The van der Waals surface area contributed by atoms with Crippen LogP contribution in [0, 0.1) is 6.92 Å². The molecule has 0 atom stereocenters. The minimum atomic E-state index is -0.310. The number of anilines is 1. The van der Waals surface area contributed by atoms with Crippen LogP contribution in [-0.4, -0.2) is 15.8 Å². The van der Waals surface area contributed by atoms with Crippen molar-refractivity contribution in [1.29, 1.82) is 0 Å². The highest BCUT2D eigenvalue weighted by atomic mass is 35.5. The van der Waals surface area contributed by atoms with Gasteiger partial charge >= 0.3 is 6.03 Å². The van der Waals surface area contributed by atoms with Crippen molar-refractivity contribution in [2.75, 3.05) is 5.32 Å². The molecule has 1 amide bonds. The molecule has 0 saturated carbocycles. The molecule has 0 spiro atoms. The largest absolute Gasteiger partial charge is 0.346 e. The predicted octanol–water partition coefficient (Wildman–Crippen LogP) is 2.93. The molecule has 1 N–H and O–H groups in total. The van der Waals surface area contributed by atoms with Crippen molar-refractivity contribution in [2.24, 2.45) is 0 Å². The minimum absolute atomic E-state index is 0.310. The van der Waals surface area contributed by atoms with Crippen molar-refractivity contribution in [3.05, 3.63) is 47.2 Å². The smallest absolute Gasteiger partial charge is 0.306 e. The van der Waals surface area contributed by atoms with Gasteiger partial charge in [-0.05, 0) is 30.7 Å². The fourth-order valence-corrected chi connectivity index (χ4v) is 1.46. The monoisotopic (exact) mass is 235 g/mol. The first-order chi connectivity index (χ1) is 7.66. The highest BCUT2D eigenvalue weighted by Gasteiger charge is 2.06. The van der Waals surface area contributed by atoms with Gasteiger partial charge < -0.3 is 5.32 Å².